The molecule has 1 aliphatic rings. The van der Waals surface area contributed by atoms with Crippen LogP contribution in [0.25, 0.3) is 10.1 Å². The molecule has 3 rings (SSSR count). The number of rotatable bonds is 5. The van der Waals surface area contributed by atoms with Crippen molar-refractivity contribution < 1.29 is 9.59 Å². The van der Waals surface area contributed by atoms with Crippen molar-refractivity contribution in [2.45, 2.75) is 26.2 Å². The van der Waals surface area contributed by atoms with Crippen LogP contribution in [0.4, 0.5) is 0 Å². The van der Waals surface area contributed by atoms with Crippen LogP contribution in [-0.2, 0) is 4.79 Å². The minimum Gasteiger partial charge on any atom is -0.342 e. The van der Waals surface area contributed by atoms with E-state index in [0.29, 0.717) is 13.1 Å². The number of benzene rings is 1. The van der Waals surface area contributed by atoms with Crippen LogP contribution in [0.2, 0.25) is 0 Å². The molecule has 1 fully saturated rings. The highest BCUT2D eigenvalue weighted by atomic mass is 35.5. The molecule has 1 aliphatic heterocycles. The number of nitrogens with two attached hydrogens (primary N) is 1. The standard InChI is InChI=1S/C18H22N2O2S.ClH/c1-18(11-19)8-9-20(12-18)17(22)7-6-15(21)14-10-23-16-5-3-2-4-13(14)16;/h2-5,10H,6-9,11-12,19H2,1H3;1H. The first kappa shape index (κ1) is 18.9. The molecule has 6 heteroatoms. The van der Waals surface area contributed by atoms with Gasteiger partial charge in [-0.3, -0.25) is 9.59 Å². The van der Waals surface area contributed by atoms with Gasteiger partial charge in [-0.1, -0.05) is 25.1 Å². The molecule has 4 nitrogen and oxygen atoms in total. The van der Waals surface area contributed by atoms with E-state index in [1.807, 2.05) is 34.5 Å². The average molecular weight is 367 g/mol. The van der Waals surface area contributed by atoms with E-state index in [1.165, 1.54) is 0 Å². The van der Waals surface area contributed by atoms with Gasteiger partial charge in [0.05, 0.1) is 0 Å². The van der Waals surface area contributed by atoms with Crippen molar-refractivity contribution in [2.24, 2.45) is 11.1 Å². The highest BCUT2D eigenvalue weighted by Gasteiger charge is 2.34. The first-order chi connectivity index (χ1) is 11.0. The molecular weight excluding hydrogens is 344 g/mol. The molecule has 1 aromatic carbocycles. The maximum atomic E-state index is 12.4. The van der Waals surface area contributed by atoms with Gasteiger partial charge in [0.1, 0.15) is 0 Å². The molecule has 1 saturated heterocycles. The smallest absolute Gasteiger partial charge is 0.223 e. The van der Waals surface area contributed by atoms with Crippen molar-refractivity contribution in [3.8, 4) is 0 Å². The zero-order chi connectivity index (χ0) is 16.4. The van der Waals surface area contributed by atoms with Crippen molar-refractivity contribution >= 4 is 45.5 Å². The van der Waals surface area contributed by atoms with Crippen LogP contribution in [-0.4, -0.2) is 36.2 Å². The summed E-state index contributed by atoms with van der Waals surface area (Å²) in [5, 5.41) is 2.89. The number of hydrogen-bond acceptors (Lipinski definition) is 4. The second-order valence-electron chi connectivity index (χ2n) is 6.65. The zero-order valence-corrected chi connectivity index (χ0v) is 15.4. The summed E-state index contributed by atoms with van der Waals surface area (Å²) in [7, 11) is 0. The minimum atomic E-state index is 0. The number of nitrogens with zero attached hydrogens (tertiary/aromatic N) is 1. The Labute approximate surface area is 152 Å². The number of thiophene rings is 1. The Morgan fingerprint density at radius 3 is 2.75 bits per heavy atom. The third-order valence-corrected chi connectivity index (χ3v) is 5.71. The molecule has 0 saturated carbocycles. The van der Waals surface area contributed by atoms with Crippen LogP contribution in [0.3, 0.4) is 0 Å². The normalized spacial score (nSPS) is 20.2. The molecule has 1 unspecified atom stereocenters. The molecule has 24 heavy (non-hydrogen) atoms. The first-order valence-corrected chi connectivity index (χ1v) is 8.88. The Bertz CT molecular complexity index is 745. The van der Waals surface area contributed by atoms with Gasteiger partial charge in [0.2, 0.25) is 5.91 Å². The largest absolute Gasteiger partial charge is 0.342 e. The second kappa shape index (κ2) is 7.64. The van der Waals surface area contributed by atoms with Gasteiger partial charge in [0.25, 0.3) is 0 Å². The number of carbonyl (C=O) groups is 2. The van der Waals surface area contributed by atoms with Gasteiger partial charge < -0.3 is 10.6 Å². The van der Waals surface area contributed by atoms with E-state index in [0.717, 1.165) is 28.6 Å². The van der Waals surface area contributed by atoms with E-state index < -0.39 is 0 Å². The molecule has 0 bridgehead atoms. The van der Waals surface area contributed by atoms with Gasteiger partial charge in [0, 0.05) is 47.0 Å². The minimum absolute atomic E-state index is 0. The van der Waals surface area contributed by atoms with Crippen molar-refractivity contribution in [3.63, 3.8) is 0 Å². The van der Waals surface area contributed by atoms with Crippen molar-refractivity contribution in [1.29, 1.82) is 0 Å². The summed E-state index contributed by atoms with van der Waals surface area (Å²) < 4.78 is 1.11. The Morgan fingerprint density at radius 2 is 2.04 bits per heavy atom. The third-order valence-electron chi connectivity index (χ3n) is 4.75. The lowest BCUT2D eigenvalue weighted by molar-refractivity contribution is -0.130. The Hall–Kier alpha value is -1.43. The van der Waals surface area contributed by atoms with Gasteiger partial charge in [0.15, 0.2) is 5.78 Å². The number of fused-ring (bicyclic) bond motifs is 1. The summed E-state index contributed by atoms with van der Waals surface area (Å²) in [6.07, 6.45) is 1.50. The van der Waals surface area contributed by atoms with Gasteiger partial charge in [-0.2, -0.15) is 0 Å². The first-order valence-electron chi connectivity index (χ1n) is 8.00. The summed E-state index contributed by atoms with van der Waals surface area (Å²) in [6, 6.07) is 7.89. The molecule has 0 radical (unpaired) electrons. The number of halogens is 1. The third kappa shape index (κ3) is 3.79. The van der Waals surface area contributed by atoms with Gasteiger partial charge in [-0.05, 0) is 24.4 Å². The Morgan fingerprint density at radius 1 is 1.29 bits per heavy atom. The fourth-order valence-electron chi connectivity index (χ4n) is 3.11. The molecule has 1 amide bonds. The fraction of sp³-hybridized carbons (Fsp3) is 0.444. The van der Waals surface area contributed by atoms with Crippen molar-refractivity contribution in [1.82, 2.24) is 4.90 Å². The number of carbonyl (C=O) groups excluding carboxylic acids is 2. The molecule has 1 atom stereocenters. The van der Waals surface area contributed by atoms with E-state index in [9.17, 15) is 9.59 Å². The molecule has 0 aliphatic carbocycles. The summed E-state index contributed by atoms with van der Waals surface area (Å²) in [5.41, 5.74) is 6.55. The molecule has 1 aromatic heterocycles. The lowest BCUT2D eigenvalue weighted by atomic mass is 9.90. The highest BCUT2D eigenvalue weighted by Crippen LogP contribution is 2.30. The lowest BCUT2D eigenvalue weighted by Gasteiger charge is -2.22. The number of likely N-dealkylation sites (tertiary alicyclic amines) is 1. The van der Waals surface area contributed by atoms with Crippen LogP contribution in [0.5, 0.6) is 0 Å². The van der Waals surface area contributed by atoms with Crippen LogP contribution in [0.1, 0.15) is 36.5 Å². The molecule has 2 N–H and O–H groups in total. The van der Waals surface area contributed by atoms with Crippen LogP contribution >= 0.6 is 23.7 Å². The van der Waals surface area contributed by atoms with Crippen molar-refractivity contribution in [3.05, 3.63) is 35.2 Å². The molecule has 130 valence electrons. The second-order valence-corrected chi connectivity index (χ2v) is 7.56. The summed E-state index contributed by atoms with van der Waals surface area (Å²) in [6.45, 7) is 4.17. The number of ketones is 1. The molecule has 2 aromatic rings. The SMILES string of the molecule is CC1(CN)CCN(C(=O)CCC(=O)c2csc3ccccc23)C1.Cl. The maximum Gasteiger partial charge on any atom is 0.223 e. The van der Waals surface area contributed by atoms with Gasteiger partial charge >= 0.3 is 0 Å². The van der Waals surface area contributed by atoms with Crippen LogP contribution in [0.15, 0.2) is 29.6 Å². The highest BCUT2D eigenvalue weighted by molar-refractivity contribution is 7.17. The van der Waals surface area contributed by atoms with E-state index >= 15 is 0 Å². The maximum absolute atomic E-state index is 12.4. The van der Waals surface area contributed by atoms with Crippen LogP contribution in [0, 0.1) is 5.41 Å². The average Bonchev–Trinajstić information content (AvgIpc) is 3.17. The molecule has 0 spiro atoms. The molecule has 2 heterocycles. The van der Waals surface area contributed by atoms with Gasteiger partial charge in [-0.25, -0.2) is 0 Å². The Kier molecular flexibility index (Phi) is 6.01. The number of hydrogen-bond donors (Lipinski definition) is 1. The van der Waals surface area contributed by atoms with Gasteiger partial charge in [-0.15, -0.1) is 23.7 Å². The lowest BCUT2D eigenvalue weighted by Crippen LogP contribution is -2.34. The Balaban J connectivity index is 0.00000208. The van der Waals surface area contributed by atoms with Crippen molar-refractivity contribution in [2.75, 3.05) is 19.6 Å². The fourth-order valence-corrected chi connectivity index (χ4v) is 4.08. The predicted octanol–water partition coefficient (Wildman–Crippen LogP) is 3.48. The zero-order valence-electron chi connectivity index (χ0n) is 13.8. The topological polar surface area (TPSA) is 63.4 Å². The van der Waals surface area contributed by atoms with E-state index in [-0.39, 0.29) is 42.4 Å². The predicted molar refractivity (Wildman–Crippen MR) is 101 cm³/mol. The van der Waals surface area contributed by atoms with E-state index in [4.69, 9.17) is 5.73 Å². The van der Waals surface area contributed by atoms with E-state index in [2.05, 4.69) is 6.92 Å². The number of Topliss-reactive ketones (excluding diaryl/α,β-unsaturated/α-hetero) is 1. The monoisotopic (exact) mass is 366 g/mol. The van der Waals surface area contributed by atoms with E-state index in [1.54, 1.807) is 11.3 Å². The van der Waals surface area contributed by atoms with Crippen LogP contribution < -0.4 is 5.73 Å². The number of amides is 1. The summed E-state index contributed by atoms with van der Waals surface area (Å²) in [5.74, 6) is 0.117. The summed E-state index contributed by atoms with van der Waals surface area (Å²) in [4.78, 5) is 26.6. The summed E-state index contributed by atoms with van der Waals surface area (Å²) >= 11 is 1.57. The quantitative estimate of drug-likeness (QED) is 0.824. The molecular formula is C18H23ClN2O2S.